The Morgan fingerprint density at radius 1 is 1.59 bits per heavy atom. The summed E-state index contributed by atoms with van der Waals surface area (Å²) in [5, 5.41) is 17.7. The fraction of sp³-hybridized carbons (Fsp3) is 0.375. The van der Waals surface area contributed by atoms with Crippen molar-refractivity contribution in [2.45, 2.75) is 19.5 Å². The van der Waals surface area contributed by atoms with E-state index in [1.807, 2.05) is 0 Å². The third-order valence-corrected chi connectivity index (χ3v) is 1.87. The van der Waals surface area contributed by atoms with Crippen LogP contribution in [0.15, 0.2) is 6.20 Å². The fourth-order valence-electron chi connectivity index (χ4n) is 0.979. The van der Waals surface area contributed by atoms with Gasteiger partial charge in [-0.15, -0.1) is 5.10 Å². The van der Waals surface area contributed by atoms with Crippen molar-refractivity contribution in [1.82, 2.24) is 20.3 Å². The zero-order valence-electron chi connectivity index (χ0n) is 8.95. The van der Waals surface area contributed by atoms with Gasteiger partial charge < -0.3 is 16.2 Å². The van der Waals surface area contributed by atoms with Gasteiger partial charge in [0.15, 0.2) is 5.69 Å². The molecule has 1 aromatic rings. The van der Waals surface area contributed by atoms with E-state index in [0.717, 1.165) is 10.9 Å². The van der Waals surface area contributed by atoms with E-state index in [-0.39, 0.29) is 12.2 Å². The average Bonchev–Trinajstić information content (AvgIpc) is 2.65. The maximum absolute atomic E-state index is 11.4. The van der Waals surface area contributed by atoms with E-state index in [2.05, 4.69) is 15.6 Å². The minimum atomic E-state index is -1.23. The minimum absolute atomic E-state index is 0.238. The number of amides is 2. The lowest BCUT2D eigenvalue weighted by molar-refractivity contribution is -0.127. The topological polar surface area (TPSA) is 140 Å². The molecule has 0 aliphatic heterocycles. The summed E-state index contributed by atoms with van der Waals surface area (Å²) in [4.78, 5) is 32.5. The maximum atomic E-state index is 11.4. The first-order valence-electron chi connectivity index (χ1n) is 4.62. The summed E-state index contributed by atoms with van der Waals surface area (Å²) in [5.74, 6) is -2.41. The third-order valence-electron chi connectivity index (χ3n) is 1.87. The molecule has 0 bridgehead atoms. The Morgan fingerprint density at radius 2 is 2.24 bits per heavy atom. The molecule has 0 aliphatic carbocycles. The number of nitrogens with two attached hydrogens (primary N) is 1. The number of nitrogens with one attached hydrogen (secondary N) is 1. The molecule has 0 saturated carbocycles. The van der Waals surface area contributed by atoms with Gasteiger partial charge >= 0.3 is 5.97 Å². The molecule has 0 spiro atoms. The summed E-state index contributed by atoms with van der Waals surface area (Å²) in [5.41, 5.74) is 4.69. The number of carbonyl (C=O) groups is 3. The quantitative estimate of drug-likeness (QED) is 0.542. The van der Waals surface area contributed by atoms with Crippen molar-refractivity contribution in [1.29, 1.82) is 0 Å². The molecule has 9 nitrogen and oxygen atoms in total. The van der Waals surface area contributed by atoms with Gasteiger partial charge in [0.05, 0.1) is 6.20 Å². The van der Waals surface area contributed by atoms with E-state index in [9.17, 15) is 14.4 Å². The van der Waals surface area contributed by atoms with Gasteiger partial charge in [0, 0.05) is 0 Å². The number of primary amides is 1. The van der Waals surface area contributed by atoms with Crippen molar-refractivity contribution in [2.24, 2.45) is 5.73 Å². The predicted octanol–water partition coefficient (Wildman–Crippen LogP) is -2.03. The molecule has 1 heterocycles. The highest BCUT2D eigenvalue weighted by Gasteiger charge is 2.14. The number of hydrogen-bond acceptors (Lipinski definition) is 5. The standard InChI is InChI=1S/C8H11N5O4/c1-4(7(9)15)10-6(14)3-13-2-5(8(16)17)11-12-13/h2,4H,3H2,1H3,(H2,9,15)(H,10,14)(H,16,17). The number of nitrogens with zero attached hydrogens (tertiary/aromatic N) is 3. The molecule has 17 heavy (non-hydrogen) atoms. The van der Waals surface area contributed by atoms with Crippen molar-refractivity contribution >= 4 is 17.8 Å². The van der Waals surface area contributed by atoms with Gasteiger partial charge in [-0.3, -0.25) is 9.59 Å². The Balaban J connectivity index is 2.56. The van der Waals surface area contributed by atoms with Gasteiger partial charge in [-0.05, 0) is 6.92 Å². The predicted molar refractivity (Wildman–Crippen MR) is 53.8 cm³/mol. The van der Waals surface area contributed by atoms with Gasteiger partial charge in [0.2, 0.25) is 11.8 Å². The van der Waals surface area contributed by atoms with E-state index in [1.54, 1.807) is 0 Å². The van der Waals surface area contributed by atoms with Crippen LogP contribution in [0.1, 0.15) is 17.4 Å². The third kappa shape index (κ3) is 3.55. The van der Waals surface area contributed by atoms with Crippen molar-refractivity contribution in [3.63, 3.8) is 0 Å². The number of rotatable bonds is 5. The maximum Gasteiger partial charge on any atom is 0.358 e. The van der Waals surface area contributed by atoms with E-state index < -0.39 is 23.8 Å². The molecule has 9 heteroatoms. The van der Waals surface area contributed by atoms with Gasteiger partial charge in [0.25, 0.3) is 0 Å². The van der Waals surface area contributed by atoms with Crippen LogP contribution in [-0.2, 0) is 16.1 Å². The molecule has 0 radical (unpaired) electrons. The summed E-state index contributed by atoms with van der Waals surface area (Å²) >= 11 is 0. The highest BCUT2D eigenvalue weighted by molar-refractivity contribution is 5.86. The van der Waals surface area contributed by atoms with E-state index in [0.29, 0.717) is 0 Å². The second kappa shape index (κ2) is 5.05. The van der Waals surface area contributed by atoms with Crippen molar-refractivity contribution in [3.8, 4) is 0 Å². The highest BCUT2D eigenvalue weighted by atomic mass is 16.4. The Labute approximate surface area is 95.6 Å². The lowest BCUT2D eigenvalue weighted by Gasteiger charge is -2.09. The van der Waals surface area contributed by atoms with Crippen LogP contribution < -0.4 is 11.1 Å². The molecule has 0 aromatic carbocycles. The molecular formula is C8H11N5O4. The lowest BCUT2D eigenvalue weighted by Crippen LogP contribution is -2.43. The Hall–Kier alpha value is -2.45. The van der Waals surface area contributed by atoms with Crippen LogP contribution in [0.25, 0.3) is 0 Å². The first-order valence-corrected chi connectivity index (χ1v) is 4.62. The zero-order chi connectivity index (χ0) is 13.0. The summed E-state index contributed by atoms with van der Waals surface area (Å²) < 4.78 is 1.05. The normalized spacial score (nSPS) is 11.8. The van der Waals surface area contributed by atoms with Gasteiger partial charge in [-0.1, -0.05) is 5.21 Å². The molecule has 1 atom stereocenters. The second-order valence-corrected chi connectivity index (χ2v) is 3.30. The van der Waals surface area contributed by atoms with Crippen LogP contribution in [0.3, 0.4) is 0 Å². The van der Waals surface area contributed by atoms with Crippen LogP contribution in [0, 0.1) is 0 Å². The van der Waals surface area contributed by atoms with Crippen LogP contribution >= 0.6 is 0 Å². The van der Waals surface area contributed by atoms with E-state index in [1.165, 1.54) is 6.92 Å². The molecule has 1 aromatic heterocycles. The first-order chi connectivity index (χ1) is 7.90. The Kier molecular flexibility index (Phi) is 3.75. The number of carboxylic acid groups (broad SMARTS) is 1. The van der Waals surface area contributed by atoms with E-state index >= 15 is 0 Å². The molecule has 2 amide bonds. The SMILES string of the molecule is CC(NC(=O)Cn1cc(C(=O)O)nn1)C(N)=O. The number of hydrogen-bond donors (Lipinski definition) is 3. The van der Waals surface area contributed by atoms with Gasteiger partial charge in [-0.25, -0.2) is 9.48 Å². The number of aromatic carboxylic acids is 1. The lowest BCUT2D eigenvalue weighted by atomic mass is 10.3. The van der Waals surface area contributed by atoms with Crippen LogP contribution in [0.4, 0.5) is 0 Å². The summed E-state index contributed by atoms with van der Waals surface area (Å²) in [6.07, 6.45) is 1.11. The molecule has 4 N–H and O–H groups in total. The summed E-state index contributed by atoms with van der Waals surface area (Å²) in [6, 6.07) is -0.801. The van der Waals surface area contributed by atoms with Crippen LogP contribution in [0.5, 0.6) is 0 Å². The largest absolute Gasteiger partial charge is 0.476 e. The first kappa shape index (κ1) is 12.6. The molecule has 1 unspecified atom stereocenters. The molecular weight excluding hydrogens is 230 g/mol. The number of carbonyl (C=O) groups excluding carboxylic acids is 2. The Morgan fingerprint density at radius 3 is 2.71 bits per heavy atom. The van der Waals surface area contributed by atoms with Crippen molar-refractivity contribution < 1.29 is 19.5 Å². The minimum Gasteiger partial charge on any atom is -0.476 e. The molecule has 1 rings (SSSR count). The molecule has 0 saturated heterocycles. The summed E-state index contributed by atoms with van der Waals surface area (Å²) in [7, 11) is 0. The second-order valence-electron chi connectivity index (χ2n) is 3.30. The number of aromatic nitrogens is 3. The molecule has 0 aliphatic rings. The average molecular weight is 241 g/mol. The monoisotopic (exact) mass is 241 g/mol. The summed E-state index contributed by atoms with van der Waals surface area (Å²) in [6.45, 7) is 1.20. The molecule has 0 fully saturated rings. The highest BCUT2D eigenvalue weighted by Crippen LogP contribution is 1.92. The number of carboxylic acids is 1. The van der Waals surface area contributed by atoms with Crippen LogP contribution in [0.2, 0.25) is 0 Å². The van der Waals surface area contributed by atoms with Crippen LogP contribution in [-0.4, -0.2) is 43.9 Å². The van der Waals surface area contributed by atoms with Gasteiger partial charge in [0.1, 0.15) is 12.6 Å². The smallest absolute Gasteiger partial charge is 0.358 e. The van der Waals surface area contributed by atoms with Gasteiger partial charge in [-0.2, -0.15) is 0 Å². The van der Waals surface area contributed by atoms with Crippen molar-refractivity contribution in [2.75, 3.05) is 0 Å². The molecule has 92 valence electrons. The Bertz CT molecular complexity index is 455. The van der Waals surface area contributed by atoms with Crippen molar-refractivity contribution in [3.05, 3.63) is 11.9 Å². The fourth-order valence-corrected chi connectivity index (χ4v) is 0.979. The zero-order valence-corrected chi connectivity index (χ0v) is 8.95. The van der Waals surface area contributed by atoms with E-state index in [4.69, 9.17) is 10.8 Å².